The first-order valence-electron chi connectivity index (χ1n) is 7.06. The van der Waals surface area contributed by atoms with Crippen molar-refractivity contribution in [3.05, 3.63) is 22.2 Å². The van der Waals surface area contributed by atoms with Crippen molar-refractivity contribution in [2.75, 3.05) is 56.6 Å². The second kappa shape index (κ2) is 7.19. The van der Waals surface area contributed by atoms with Gasteiger partial charge >= 0.3 is 0 Å². The first-order chi connectivity index (χ1) is 10.1. The Kier molecular flexibility index (Phi) is 5.29. The van der Waals surface area contributed by atoms with E-state index in [1.54, 1.807) is 7.05 Å². The third-order valence-corrected chi connectivity index (χ3v) is 3.59. The van der Waals surface area contributed by atoms with Crippen LogP contribution in [0.5, 0.6) is 0 Å². The van der Waals surface area contributed by atoms with Gasteiger partial charge in [-0.05, 0) is 13.0 Å². The predicted molar refractivity (Wildman–Crippen MR) is 80.8 cm³/mol. The van der Waals surface area contributed by atoms with Crippen molar-refractivity contribution in [3.8, 4) is 0 Å². The minimum Gasteiger partial charge on any atom is -0.395 e. The van der Waals surface area contributed by atoms with Gasteiger partial charge in [0, 0.05) is 33.2 Å². The van der Waals surface area contributed by atoms with Gasteiger partial charge in [-0.25, -0.2) is 4.98 Å². The molecule has 0 spiro atoms. The standard InChI is InChI=1S/C13H21N5O3/c1-14-12-9-11(18(20)21)10-13(15-12)17-4-2-3-16(5-6-17)7-8-19/h9-10,19H,2-8H2,1H3,(H,14,15). The minimum absolute atomic E-state index is 0.0424. The van der Waals surface area contributed by atoms with Gasteiger partial charge in [-0.1, -0.05) is 0 Å². The second-order valence-corrected chi connectivity index (χ2v) is 4.98. The van der Waals surface area contributed by atoms with Gasteiger partial charge < -0.3 is 15.3 Å². The van der Waals surface area contributed by atoms with Gasteiger partial charge in [-0.15, -0.1) is 0 Å². The molecule has 0 unspecified atom stereocenters. The van der Waals surface area contributed by atoms with Gasteiger partial charge in [0.25, 0.3) is 5.69 Å². The normalized spacial score (nSPS) is 16.6. The zero-order chi connectivity index (χ0) is 15.2. The molecule has 1 aromatic rings. The molecule has 1 aliphatic heterocycles. The highest BCUT2D eigenvalue weighted by Gasteiger charge is 2.19. The second-order valence-electron chi connectivity index (χ2n) is 4.98. The summed E-state index contributed by atoms with van der Waals surface area (Å²) < 4.78 is 0. The number of hydrogen-bond donors (Lipinski definition) is 2. The number of anilines is 2. The van der Waals surface area contributed by atoms with Crippen molar-refractivity contribution in [1.29, 1.82) is 0 Å². The van der Waals surface area contributed by atoms with Gasteiger partial charge in [0.15, 0.2) is 0 Å². The van der Waals surface area contributed by atoms with E-state index in [2.05, 4.69) is 20.1 Å². The van der Waals surface area contributed by atoms with Crippen molar-refractivity contribution in [3.63, 3.8) is 0 Å². The zero-order valence-corrected chi connectivity index (χ0v) is 12.2. The summed E-state index contributed by atoms with van der Waals surface area (Å²) in [6.07, 6.45) is 0.944. The SMILES string of the molecule is CNc1cc([N+](=O)[O-])cc(N2CCCN(CCO)CC2)n1. The summed E-state index contributed by atoms with van der Waals surface area (Å²) in [5.41, 5.74) is 0.0424. The number of aliphatic hydroxyl groups excluding tert-OH is 1. The number of aliphatic hydroxyl groups is 1. The molecule has 0 radical (unpaired) electrons. The Morgan fingerprint density at radius 1 is 1.38 bits per heavy atom. The number of rotatable bonds is 5. The van der Waals surface area contributed by atoms with Crippen molar-refractivity contribution >= 4 is 17.3 Å². The number of nitrogens with zero attached hydrogens (tertiary/aromatic N) is 4. The summed E-state index contributed by atoms with van der Waals surface area (Å²) in [5.74, 6) is 1.12. The Bertz CT molecular complexity index is 497. The van der Waals surface area contributed by atoms with Crippen LogP contribution in [0.4, 0.5) is 17.3 Å². The lowest BCUT2D eigenvalue weighted by atomic mass is 10.3. The summed E-state index contributed by atoms with van der Waals surface area (Å²) in [6, 6.07) is 2.95. The van der Waals surface area contributed by atoms with E-state index in [0.717, 1.165) is 32.6 Å². The molecule has 0 bridgehead atoms. The van der Waals surface area contributed by atoms with E-state index < -0.39 is 4.92 Å². The molecule has 1 saturated heterocycles. The van der Waals surface area contributed by atoms with Gasteiger partial charge in [0.05, 0.1) is 23.7 Å². The number of nitro groups is 1. The Morgan fingerprint density at radius 2 is 2.19 bits per heavy atom. The van der Waals surface area contributed by atoms with E-state index in [1.165, 1.54) is 12.1 Å². The van der Waals surface area contributed by atoms with Crippen LogP contribution >= 0.6 is 0 Å². The number of pyridine rings is 1. The van der Waals surface area contributed by atoms with Crippen molar-refractivity contribution < 1.29 is 10.0 Å². The molecule has 1 aromatic heterocycles. The van der Waals surface area contributed by atoms with E-state index in [4.69, 9.17) is 5.11 Å². The maximum absolute atomic E-state index is 11.0. The van der Waals surface area contributed by atoms with Crippen molar-refractivity contribution in [1.82, 2.24) is 9.88 Å². The Balaban J connectivity index is 2.16. The van der Waals surface area contributed by atoms with Crippen LogP contribution in [0.15, 0.2) is 12.1 Å². The molecule has 8 heteroatoms. The lowest BCUT2D eigenvalue weighted by Crippen LogP contribution is -2.32. The fourth-order valence-corrected chi connectivity index (χ4v) is 2.46. The summed E-state index contributed by atoms with van der Waals surface area (Å²) in [4.78, 5) is 19.3. The largest absolute Gasteiger partial charge is 0.395 e. The molecule has 1 aliphatic rings. The molecule has 2 N–H and O–H groups in total. The average molecular weight is 295 g/mol. The summed E-state index contributed by atoms with van der Waals surface area (Å²) in [6.45, 7) is 4.11. The molecular weight excluding hydrogens is 274 g/mol. The molecule has 21 heavy (non-hydrogen) atoms. The summed E-state index contributed by atoms with van der Waals surface area (Å²) >= 11 is 0. The van der Waals surface area contributed by atoms with Crippen LogP contribution in [0.25, 0.3) is 0 Å². The Labute approximate surface area is 123 Å². The topological polar surface area (TPSA) is 94.8 Å². The maximum atomic E-state index is 11.0. The Hall–Kier alpha value is -1.93. The number of hydrogen-bond acceptors (Lipinski definition) is 7. The molecule has 0 atom stereocenters. The fourth-order valence-electron chi connectivity index (χ4n) is 2.46. The highest BCUT2D eigenvalue weighted by atomic mass is 16.6. The maximum Gasteiger partial charge on any atom is 0.276 e. The van der Waals surface area contributed by atoms with Crippen LogP contribution < -0.4 is 10.2 Å². The van der Waals surface area contributed by atoms with E-state index in [1.807, 2.05) is 0 Å². The highest BCUT2D eigenvalue weighted by Crippen LogP contribution is 2.24. The zero-order valence-electron chi connectivity index (χ0n) is 12.2. The number of nitrogens with one attached hydrogen (secondary N) is 1. The van der Waals surface area contributed by atoms with E-state index in [-0.39, 0.29) is 12.3 Å². The molecule has 2 rings (SSSR count). The van der Waals surface area contributed by atoms with Gasteiger partial charge in [0.1, 0.15) is 11.6 Å². The molecule has 116 valence electrons. The molecule has 0 amide bonds. The van der Waals surface area contributed by atoms with E-state index in [9.17, 15) is 10.1 Å². The smallest absolute Gasteiger partial charge is 0.276 e. The first-order valence-corrected chi connectivity index (χ1v) is 7.06. The van der Waals surface area contributed by atoms with E-state index in [0.29, 0.717) is 18.2 Å². The van der Waals surface area contributed by atoms with Gasteiger partial charge in [0.2, 0.25) is 0 Å². The van der Waals surface area contributed by atoms with Crippen LogP contribution in [-0.4, -0.2) is 66.3 Å². The minimum atomic E-state index is -0.401. The molecule has 1 fully saturated rings. The van der Waals surface area contributed by atoms with Gasteiger partial charge in [-0.2, -0.15) is 0 Å². The van der Waals surface area contributed by atoms with Crippen LogP contribution in [0.2, 0.25) is 0 Å². The molecular formula is C13H21N5O3. The van der Waals surface area contributed by atoms with Crippen LogP contribution in [0, 0.1) is 10.1 Å². The molecule has 2 heterocycles. The van der Waals surface area contributed by atoms with Crippen LogP contribution in [-0.2, 0) is 0 Å². The van der Waals surface area contributed by atoms with Crippen LogP contribution in [0.3, 0.4) is 0 Å². The lowest BCUT2D eigenvalue weighted by molar-refractivity contribution is -0.384. The molecule has 0 saturated carbocycles. The van der Waals surface area contributed by atoms with Crippen LogP contribution in [0.1, 0.15) is 6.42 Å². The molecule has 0 aromatic carbocycles. The average Bonchev–Trinajstić information content (AvgIpc) is 2.73. The fraction of sp³-hybridized carbons (Fsp3) is 0.615. The van der Waals surface area contributed by atoms with E-state index >= 15 is 0 Å². The highest BCUT2D eigenvalue weighted by molar-refractivity contribution is 5.55. The third kappa shape index (κ3) is 4.02. The van der Waals surface area contributed by atoms with Gasteiger partial charge in [-0.3, -0.25) is 15.0 Å². The third-order valence-electron chi connectivity index (χ3n) is 3.59. The quantitative estimate of drug-likeness (QED) is 0.604. The predicted octanol–water partition coefficient (Wildman–Crippen LogP) is 0.536. The number of aromatic nitrogens is 1. The summed E-state index contributed by atoms with van der Waals surface area (Å²) in [7, 11) is 1.70. The molecule has 8 nitrogen and oxygen atoms in total. The Morgan fingerprint density at radius 3 is 2.86 bits per heavy atom. The van der Waals surface area contributed by atoms with Crippen molar-refractivity contribution in [2.24, 2.45) is 0 Å². The molecule has 0 aliphatic carbocycles. The monoisotopic (exact) mass is 295 g/mol. The first kappa shape index (κ1) is 15.5. The number of β-amino-alcohol motifs (C(OH)–C–C–N with tert-alkyl or cyclic N) is 1. The summed E-state index contributed by atoms with van der Waals surface area (Å²) in [5, 5.41) is 22.9. The lowest BCUT2D eigenvalue weighted by Gasteiger charge is -2.22. The van der Waals surface area contributed by atoms with Crippen molar-refractivity contribution in [2.45, 2.75) is 6.42 Å².